The fraction of sp³-hybridized carbons (Fsp3) is 0.889. The zero-order valence-electron chi connectivity index (χ0n) is 18.0. The lowest BCUT2D eigenvalue weighted by atomic mass is 10.2. The fourth-order valence-corrected chi connectivity index (χ4v) is 7.46. The molecule has 0 amide bonds. The lowest BCUT2D eigenvalue weighted by Crippen LogP contribution is -2.33. The molecule has 0 saturated carbocycles. The van der Waals surface area contributed by atoms with Crippen LogP contribution in [0.3, 0.4) is 0 Å². The molecule has 0 radical (unpaired) electrons. The highest BCUT2D eigenvalue weighted by Crippen LogP contribution is 2.28. The number of unbranched alkanes of at least 4 members (excludes halogenated alkanes) is 3. The molecule has 0 aromatic rings. The highest BCUT2D eigenvalue weighted by atomic mass is 33.1. The van der Waals surface area contributed by atoms with Crippen LogP contribution in [0, 0.1) is 0 Å². The third-order valence-electron chi connectivity index (χ3n) is 3.85. The Kier molecular flexibility index (Phi) is 24.0. The van der Waals surface area contributed by atoms with Crippen molar-refractivity contribution < 1.29 is 19.7 Å². The predicted molar refractivity (Wildman–Crippen MR) is 145 cm³/mol. The molecule has 0 heterocycles. The number of nitrogens with zero attached hydrogens (tertiary/aromatic N) is 2. The second-order valence-electron chi connectivity index (χ2n) is 6.16. The first-order chi connectivity index (χ1) is 14.6. The summed E-state index contributed by atoms with van der Waals surface area (Å²) < 4.78 is 11.8. The van der Waals surface area contributed by atoms with Gasteiger partial charge < -0.3 is 29.5 Å². The van der Waals surface area contributed by atoms with Gasteiger partial charge in [0, 0.05) is 51.9 Å². The second-order valence-corrected chi connectivity index (χ2v) is 12.3. The standard InChI is InChI=1S/C18H36N2O4S6/c1-23-13-9-19(7-11-21)17(25)29-27-15-5-3-4-6-16-28-30-18(26)20(8-12-22)10-14-24-2/h21-22H,3-16H2,1-2H3. The van der Waals surface area contributed by atoms with E-state index in [0.717, 1.165) is 20.1 Å². The monoisotopic (exact) mass is 536 g/mol. The van der Waals surface area contributed by atoms with Gasteiger partial charge in [-0.3, -0.25) is 0 Å². The largest absolute Gasteiger partial charge is 0.395 e. The number of rotatable bonds is 19. The van der Waals surface area contributed by atoms with Gasteiger partial charge in [0.2, 0.25) is 0 Å². The van der Waals surface area contributed by atoms with E-state index in [4.69, 9.17) is 44.1 Å². The Hall–Kier alpha value is 1.02. The third kappa shape index (κ3) is 17.6. The predicted octanol–water partition coefficient (Wildman–Crippen LogP) is 3.76. The summed E-state index contributed by atoms with van der Waals surface area (Å²) in [4.78, 5) is 3.99. The third-order valence-corrected chi connectivity index (χ3v) is 10.1. The molecule has 0 spiro atoms. The number of thiocarbonyl (C=S) groups is 2. The molecule has 0 aromatic carbocycles. The first-order valence-electron chi connectivity index (χ1n) is 9.97. The van der Waals surface area contributed by atoms with Crippen molar-refractivity contribution in [2.24, 2.45) is 0 Å². The molecule has 0 unspecified atom stereocenters. The summed E-state index contributed by atoms with van der Waals surface area (Å²) in [6.45, 7) is 3.96. The molecule has 0 aliphatic carbocycles. The number of aliphatic hydroxyl groups excluding tert-OH is 2. The molecule has 0 aliphatic rings. The van der Waals surface area contributed by atoms with E-state index < -0.39 is 0 Å². The van der Waals surface area contributed by atoms with Crippen LogP contribution in [-0.4, -0.2) is 107 Å². The van der Waals surface area contributed by atoms with Crippen LogP contribution in [0.2, 0.25) is 0 Å². The van der Waals surface area contributed by atoms with Gasteiger partial charge in [0.05, 0.1) is 26.4 Å². The highest BCUT2D eigenvalue weighted by Gasteiger charge is 2.11. The van der Waals surface area contributed by atoms with Crippen molar-refractivity contribution in [1.82, 2.24) is 9.80 Å². The van der Waals surface area contributed by atoms with Crippen LogP contribution in [0.5, 0.6) is 0 Å². The van der Waals surface area contributed by atoms with Crippen molar-refractivity contribution in [1.29, 1.82) is 0 Å². The van der Waals surface area contributed by atoms with Gasteiger partial charge in [-0.05, 0) is 34.4 Å². The molecule has 6 nitrogen and oxygen atoms in total. The van der Waals surface area contributed by atoms with Gasteiger partial charge in [-0.15, -0.1) is 0 Å². The number of hydrogen-bond acceptors (Lipinski definition) is 10. The topological polar surface area (TPSA) is 65.4 Å². The smallest absolute Gasteiger partial charge is 0.147 e. The number of hydrogen-bond donors (Lipinski definition) is 2. The number of methoxy groups -OCH3 is 2. The van der Waals surface area contributed by atoms with Gasteiger partial charge in [0.25, 0.3) is 0 Å². The molecule has 178 valence electrons. The first-order valence-corrected chi connectivity index (χ1v) is 15.4. The lowest BCUT2D eigenvalue weighted by Gasteiger charge is -2.23. The molecule has 0 rings (SSSR count). The summed E-state index contributed by atoms with van der Waals surface area (Å²) in [5, 5.41) is 18.3. The van der Waals surface area contributed by atoms with E-state index in [1.54, 1.807) is 57.4 Å². The van der Waals surface area contributed by atoms with Crippen LogP contribution in [0.15, 0.2) is 0 Å². The normalized spacial score (nSPS) is 10.9. The summed E-state index contributed by atoms with van der Waals surface area (Å²) in [6, 6.07) is 0. The highest BCUT2D eigenvalue weighted by molar-refractivity contribution is 8.84. The van der Waals surface area contributed by atoms with Gasteiger partial charge >= 0.3 is 0 Å². The molecule has 0 fully saturated rings. The van der Waals surface area contributed by atoms with Crippen LogP contribution in [0.4, 0.5) is 0 Å². The van der Waals surface area contributed by atoms with E-state index >= 15 is 0 Å². The van der Waals surface area contributed by atoms with Gasteiger partial charge in [-0.25, -0.2) is 0 Å². The maximum Gasteiger partial charge on any atom is 0.147 e. The molecule has 30 heavy (non-hydrogen) atoms. The first kappa shape index (κ1) is 31.0. The Morgan fingerprint density at radius 2 is 1.10 bits per heavy atom. The van der Waals surface area contributed by atoms with Gasteiger partial charge in [0.1, 0.15) is 8.64 Å². The fourth-order valence-electron chi connectivity index (χ4n) is 2.20. The summed E-state index contributed by atoms with van der Waals surface area (Å²) in [5.74, 6) is 2.15. The Morgan fingerprint density at radius 3 is 1.43 bits per heavy atom. The molecular weight excluding hydrogens is 501 g/mol. The lowest BCUT2D eigenvalue weighted by molar-refractivity contribution is 0.167. The van der Waals surface area contributed by atoms with Crippen LogP contribution in [-0.2, 0) is 9.47 Å². The summed E-state index contributed by atoms with van der Waals surface area (Å²) in [5.41, 5.74) is 0. The number of aliphatic hydroxyl groups is 2. The Labute approximate surface area is 208 Å². The van der Waals surface area contributed by atoms with Crippen molar-refractivity contribution in [3.8, 4) is 0 Å². The minimum Gasteiger partial charge on any atom is -0.395 e. The summed E-state index contributed by atoms with van der Waals surface area (Å²) >= 11 is 10.9. The zero-order valence-corrected chi connectivity index (χ0v) is 22.9. The summed E-state index contributed by atoms with van der Waals surface area (Å²) in [6.07, 6.45) is 4.78. The van der Waals surface area contributed by atoms with E-state index in [9.17, 15) is 0 Å². The summed E-state index contributed by atoms with van der Waals surface area (Å²) in [7, 11) is 10.1. The van der Waals surface area contributed by atoms with Gasteiger partial charge in [-0.1, -0.05) is 58.9 Å². The average molecular weight is 537 g/mol. The minimum absolute atomic E-state index is 0.0999. The van der Waals surface area contributed by atoms with E-state index in [0.29, 0.717) is 39.4 Å². The SMILES string of the molecule is COCCN(CCO)C(=S)SSCCCCCCSSC(=S)N(CCO)CCOC. The Morgan fingerprint density at radius 1 is 0.700 bits per heavy atom. The van der Waals surface area contributed by atoms with Crippen molar-refractivity contribution in [3.63, 3.8) is 0 Å². The molecule has 0 atom stereocenters. The molecule has 0 aromatic heterocycles. The molecule has 2 N–H and O–H groups in total. The van der Waals surface area contributed by atoms with Crippen LogP contribution >= 0.6 is 67.6 Å². The van der Waals surface area contributed by atoms with Gasteiger partial charge in [0.15, 0.2) is 0 Å². The number of ether oxygens (including phenoxy) is 2. The molecule has 0 aliphatic heterocycles. The second kappa shape index (κ2) is 23.2. The Bertz CT molecular complexity index is 399. The van der Waals surface area contributed by atoms with Crippen molar-refractivity contribution in [3.05, 3.63) is 0 Å². The van der Waals surface area contributed by atoms with Crippen LogP contribution < -0.4 is 0 Å². The van der Waals surface area contributed by atoms with Crippen LogP contribution in [0.25, 0.3) is 0 Å². The molecular formula is C18H36N2O4S6. The molecule has 0 bridgehead atoms. The quantitative estimate of drug-likeness (QED) is 0.144. The van der Waals surface area contributed by atoms with E-state index in [-0.39, 0.29) is 13.2 Å². The van der Waals surface area contributed by atoms with Crippen LogP contribution in [0.1, 0.15) is 25.7 Å². The van der Waals surface area contributed by atoms with Gasteiger partial charge in [-0.2, -0.15) is 0 Å². The van der Waals surface area contributed by atoms with E-state index in [1.165, 1.54) is 25.7 Å². The zero-order chi connectivity index (χ0) is 22.5. The van der Waals surface area contributed by atoms with E-state index in [2.05, 4.69) is 0 Å². The maximum atomic E-state index is 9.15. The van der Waals surface area contributed by atoms with E-state index in [1.807, 2.05) is 9.80 Å². The minimum atomic E-state index is 0.0999. The maximum absolute atomic E-state index is 9.15. The molecule has 0 saturated heterocycles. The Balaban J connectivity index is 3.68. The average Bonchev–Trinajstić information content (AvgIpc) is 2.74. The van der Waals surface area contributed by atoms with Crippen molar-refractivity contribution in [2.75, 3.05) is 78.3 Å². The van der Waals surface area contributed by atoms with Crippen molar-refractivity contribution >= 4 is 76.3 Å². The van der Waals surface area contributed by atoms with Crippen molar-refractivity contribution in [2.45, 2.75) is 25.7 Å². The molecule has 12 heteroatoms.